The number of hydrogen-bond acceptors (Lipinski definition) is 3. The maximum Gasteiger partial charge on any atom is 0.241 e. The van der Waals surface area contributed by atoms with Crippen LogP contribution < -0.4 is 5.32 Å². The zero-order valence-corrected chi connectivity index (χ0v) is 12.8. The number of nitrogens with zero attached hydrogens (tertiary/aromatic N) is 3. The Kier molecular flexibility index (Phi) is 3.33. The van der Waals surface area contributed by atoms with Gasteiger partial charge in [-0.25, -0.2) is 4.68 Å². The first-order valence-corrected chi connectivity index (χ1v) is 7.87. The van der Waals surface area contributed by atoms with Gasteiger partial charge in [0.05, 0.1) is 5.52 Å². The van der Waals surface area contributed by atoms with Crippen molar-refractivity contribution in [1.82, 2.24) is 20.3 Å². The van der Waals surface area contributed by atoms with Crippen LogP contribution in [0, 0.1) is 0 Å². The molecule has 0 unspecified atom stereocenters. The second-order valence-electron chi connectivity index (χ2n) is 6.16. The molecular formula is C18H18N4O. The van der Waals surface area contributed by atoms with E-state index in [-0.39, 0.29) is 17.9 Å². The number of para-hydroxylation sites is 1. The van der Waals surface area contributed by atoms with Crippen LogP contribution in [0.2, 0.25) is 0 Å². The number of aromatic nitrogens is 3. The number of carbonyl (C=O) groups excluding carboxylic acids is 1. The van der Waals surface area contributed by atoms with E-state index in [1.165, 1.54) is 5.56 Å². The van der Waals surface area contributed by atoms with Crippen molar-refractivity contribution < 1.29 is 4.79 Å². The summed E-state index contributed by atoms with van der Waals surface area (Å²) in [5.74, 6) is -0.0251. The largest absolute Gasteiger partial charge is 0.354 e. The summed E-state index contributed by atoms with van der Waals surface area (Å²) in [6.07, 6.45) is 2.26. The summed E-state index contributed by atoms with van der Waals surface area (Å²) < 4.78 is 1.65. The van der Waals surface area contributed by atoms with Gasteiger partial charge in [-0.1, -0.05) is 47.7 Å². The fourth-order valence-electron chi connectivity index (χ4n) is 3.00. The standard InChI is InChI=1S/C18H18N4O/c23-17(12-22-16-9-5-4-8-15(16)20-21-22)19-13-18(10-11-18)14-6-2-1-3-7-14/h1-9H,10-13H2,(H,19,23). The average molecular weight is 306 g/mol. The number of hydrogen-bond donors (Lipinski definition) is 1. The SMILES string of the molecule is O=C(Cn1nnc2ccccc21)NCC1(c2ccccc2)CC1. The molecule has 0 bridgehead atoms. The van der Waals surface area contributed by atoms with Gasteiger partial charge < -0.3 is 5.32 Å². The van der Waals surface area contributed by atoms with Crippen molar-refractivity contribution in [3.8, 4) is 0 Å². The van der Waals surface area contributed by atoms with Gasteiger partial charge in [0.15, 0.2) is 0 Å². The molecule has 1 aromatic heterocycles. The molecule has 3 aromatic rings. The minimum absolute atomic E-state index is 0.0251. The Morgan fingerprint density at radius 2 is 1.83 bits per heavy atom. The zero-order chi connectivity index (χ0) is 15.7. The Hall–Kier alpha value is -2.69. The van der Waals surface area contributed by atoms with Crippen molar-refractivity contribution in [3.63, 3.8) is 0 Å². The molecule has 1 aliphatic rings. The highest BCUT2D eigenvalue weighted by Gasteiger charge is 2.44. The van der Waals surface area contributed by atoms with Crippen LogP contribution in [-0.2, 0) is 16.8 Å². The van der Waals surface area contributed by atoms with E-state index in [2.05, 4.69) is 39.9 Å². The molecule has 1 N–H and O–H groups in total. The molecule has 23 heavy (non-hydrogen) atoms. The molecular weight excluding hydrogens is 288 g/mol. The molecule has 0 aliphatic heterocycles. The minimum atomic E-state index is -0.0251. The first-order chi connectivity index (χ1) is 11.3. The van der Waals surface area contributed by atoms with E-state index in [0.717, 1.165) is 23.9 Å². The quantitative estimate of drug-likeness (QED) is 0.786. The third kappa shape index (κ3) is 2.70. The number of rotatable bonds is 5. The van der Waals surface area contributed by atoms with Crippen molar-refractivity contribution >= 4 is 16.9 Å². The summed E-state index contributed by atoms with van der Waals surface area (Å²) in [6.45, 7) is 0.883. The van der Waals surface area contributed by atoms with Crippen molar-refractivity contribution in [2.24, 2.45) is 0 Å². The van der Waals surface area contributed by atoms with Gasteiger partial charge >= 0.3 is 0 Å². The molecule has 1 heterocycles. The molecule has 1 aliphatic carbocycles. The van der Waals surface area contributed by atoms with Gasteiger partial charge in [0.25, 0.3) is 0 Å². The first kappa shape index (κ1) is 13.9. The molecule has 1 saturated carbocycles. The molecule has 0 spiro atoms. The van der Waals surface area contributed by atoms with Crippen LogP contribution >= 0.6 is 0 Å². The highest BCUT2D eigenvalue weighted by atomic mass is 16.2. The number of benzene rings is 2. The maximum absolute atomic E-state index is 12.3. The van der Waals surface area contributed by atoms with Crippen molar-refractivity contribution in [2.75, 3.05) is 6.54 Å². The number of carbonyl (C=O) groups is 1. The van der Waals surface area contributed by atoms with Crippen LogP contribution in [0.25, 0.3) is 11.0 Å². The number of fused-ring (bicyclic) bond motifs is 1. The number of nitrogens with one attached hydrogen (secondary N) is 1. The molecule has 2 aromatic carbocycles. The third-order valence-electron chi connectivity index (χ3n) is 4.58. The Bertz CT molecular complexity index is 836. The Balaban J connectivity index is 1.41. The second kappa shape index (κ2) is 5.50. The van der Waals surface area contributed by atoms with Crippen molar-refractivity contribution in [2.45, 2.75) is 24.8 Å². The van der Waals surface area contributed by atoms with Crippen LogP contribution in [-0.4, -0.2) is 27.4 Å². The van der Waals surface area contributed by atoms with Gasteiger partial charge in [-0.2, -0.15) is 0 Å². The summed E-state index contributed by atoms with van der Waals surface area (Å²) >= 11 is 0. The van der Waals surface area contributed by atoms with Gasteiger partial charge in [-0.15, -0.1) is 5.10 Å². The zero-order valence-electron chi connectivity index (χ0n) is 12.8. The third-order valence-corrected chi connectivity index (χ3v) is 4.58. The van der Waals surface area contributed by atoms with Crippen LogP contribution in [0.4, 0.5) is 0 Å². The molecule has 0 saturated heterocycles. The van der Waals surface area contributed by atoms with Crippen LogP contribution in [0.15, 0.2) is 54.6 Å². The predicted molar refractivity (Wildman–Crippen MR) is 87.9 cm³/mol. The Labute approximate surface area is 134 Å². The second-order valence-corrected chi connectivity index (χ2v) is 6.16. The van der Waals surface area contributed by atoms with E-state index in [1.54, 1.807) is 4.68 Å². The Morgan fingerprint density at radius 3 is 2.61 bits per heavy atom. The highest BCUT2D eigenvalue weighted by Crippen LogP contribution is 2.47. The molecule has 1 fully saturated rings. The fourth-order valence-corrected chi connectivity index (χ4v) is 3.00. The van der Waals surface area contributed by atoms with Crippen LogP contribution in [0.3, 0.4) is 0 Å². The summed E-state index contributed by atoms with van der Waals surface area (Å²) in [5.41, 5.74) is 3.13. The molecule has 116 valence electrons. The minimum Gasteiger partial charge on any atom is -0.354 e. The summed E-state index contributed by atoms with van der Waals surface area (Å²) in [5, 5.41) is 11.2. The summed E-state index contributed by atoms with van der Waals surface area (Å²) in [4.78, 5) is 12.3. The van der Waals surface area contributed by atoms with E-state index in [9.17, 15) is 4.79 Å². The van der Waals surface area contributed by atoms with Crippen molar-refractivity contribution in [1.29, 1.82) is 0 Å². The smallest absolute Gasteiger partial charge is 0.241 e. The monoisotopic (exact) mass is 306 g/mol. The lowest BCUT2D eigenvalue weighted by Crippen LogP contribution is -2.34. The number of amides is 1. The van der Waals surface area contributed by atoms with E-state index >= 15 is 0 Å². The van der Waals surface area contributed by atoms with Crippen LogP contribution in [0.1, 0.15) is 18.4 Å². The topological polar surface area (TPSA) is 59.8 Å². The van der Waals surface area contributed by atoms with Crippen LogP contribution in [0.5, 0.6) is 0 Å². The van der Waals surface area contributed by atoms with Gasteiger partial charge in [0, 0.05) is 12.0 Å². The van der Waals surface area contributed by atoms with E-state index in [1.807, 2.05) is 30.3 Å². The van der Waals surface area contributed by atoms with Gasteiger partial charge in [-0.05, 0) is 30.5 Å². The lowest BCUT2D eigenvalue weighted by Gasteiger charge is -2.16. The van der Waals surface area contributed by atoms with E-state index in [0.29, 0.717) is 6.54 Å². The Morgan fingerprint density at radius 1 is 1.09 bits per heavy atom. The van der Waals surface area contributed by atoms with E-state index in [4.69, 9.17) is 0 Å². The summed E-state index contributed by atoms with van der Waals surface area (Å²) in [6, 6.07) is 18.1. The molecule has 1 amide bonds. The molecule has 5 nitrogen and oxygen atoms in total. The fraction of sp³-hybridized carbons (Fsp3) is 0.278. The lowest BCUT2D eigenvalue weighted by atomic mass is 9.96. The molecule has 4 rings (SSSR count). The van der Waals surface area contributed by atoms with Crippen molar-refractivity contribution in [3.05, 3.63) is 60.2 Å². The molecule has 0 atom stereocenters. The summed E-state index contributed by atoms with van der Waals surface area (Å²) in [7, 11) is 0. The first-order valence-electron chi connectivity index (χ1n) is 7.87. The van der Waals surface area contributed by atoms with Gasteiger partial charge in [-0.3, -0.25) is 4.79 Å². The maximum atomic E-state index is 12.3. The molecule has 0 radical (unpaired) electrons. The van der Waals surface area contributed by atoms with Gasteiger partial charge in [0.1, 0.15) is 12.1 Å². The predicted octanol–water partition coefficient (Wildman–Crippen LogP) is 2.28. The average Bonchev–Trinajstić information content (AvgIpc) is 3.30. The lowest BCUT2D eigenvalue weighted by molar-refractivity contribution is -0.121. The normalized spacial score (nSPS) is 15.5. The van der Waals surface area contributed by atoms with Gasteiger partial charge in [0.2, 0.25) is 5.91 Å². The molecule has 5 heteroatoms. The highest BCUT2D eigenvalue weighted by molar-refractivity contribution is 5.79. The van der Waals surface area contributed by atoms with E-state index < -0.39 is 0 Å².